The molecule has 0 unspecified atom stereocenters. The van der Waals surface area contributed by atoms with Crippen molar-refractivity contribution in [2.24, 2.45) is 5.41 Å². The summed E-state index contributed by atoms with van der Waals surface area (Å²) in [5, 5.41) is 7.51. The third-order valence-corrected chi connectivity index (χ3v) is 5.56. The zero-order valence-electron chi connectivity index (χ0n) is 15.9. The van der Waals surface area contributed by atoms with E-state index >= 15 is 0 Å². The Kier molecular flexibility index (Phi) is 4.92. The lowest BCUT2D eigenvalue weighted by Gasteiger charge is -2.09. The Morgan fingerprint density at radius 3 is 2.75 bits per heavy atom. The molecular formula is C21H24N6O. The number of carbonyl (C=O) groups is 1. The second-order valence-electron chi connectivity index (χ2n) is 7.56. The van der Waals surface area contributed by atoms with Crippen molar-refractivity contribution in [2.75, 3.05) is 24.1 Å². The predicted octanol–water partition coefficient (Wildman–Crippen LogP) is 2.91. The van der Waals surface area contributed by atoms with Crippen LogP contribution in [-0.4, -0.2) is 34.5 Å². The van der Waals surface area contributed by atoms with E-state index in [0.717, 1.165) is 33.0 Å². The summed E-state index contributed by atoms with van der Waals surface area (Å²) >= 11 is 0. The van der Waals surface area contributed by atoms with Crippen LogP contribution in [0.5, 0.6) is 0 Å². The summed E-state index contributed by atoms with van der Waals surface area (Å²) < 4.78 is 0. The number of carbonyl (C=O) groups excluding carboxylic acids is 1. The van der Waals surface area contributed by atoms with E-state index in [1.807, 2.05) is 19.1 Å². The number of nitrogens with two attached hydrogens (primary N) is 1. The third kappa shape index (κ3) is 3.80. The first-order valence-corrected chi connectivity index (χ1v) is 9.48. The van der Waals surface area contributed by atoms with Crippen LogP contribution in [0, 0.1) is 12.3 Å². The number of nitrogens with zero attached hydrogens (tertiary/aromatic N) is 3. The van der Waals surface area contributed by atoms with Gasteiger partial charge in [0.05, 0.1) is 5.69 Å². The molecule has 0 atom stereocenters. The van der Waals surface area contributed by atoms with E-state index in [1.54, 1.807) is 24.7 Å². The lowest BCUT2D eigenvalue weighted by molar-refractivity contribution is -0.105. The van der Waals surface area contributed by atoms with E-state index in [2.05, 4.69) is 25.6 Å². The minimum Gasteiger partial charge on any atom is -0.383 e. The van der Waals surface area contributed by atoms with Crippen molar-refractivity contribution in [3.8, 4) is 11.3 Å². The molecule has 0 aromatic carbocycles. The summed E-state index contributed by atoms with van der Waals surface area (Å²) in [6.45, 7) is 4.58. The highest BCUT2D eigenvalue weighted by atomic mass is 16.1. The number of aromatic nitrogens is 3. The largest absolute Gasteiger partial charge is 0.383 e. The summed E-state index contributed by atoms with van der Waals surface area (Å²) in [5.41, 5.74) is 9.57. The molecule has 2 fully saturated rings. The van der Waals surface area contributed by atoms with Crippen LogP contribution in [0.3, 0.4) is 0 Å². The number of rotatable bonds is 3. The molecule has 2 aliphatic rings. The maximum absolute atomic E-state index is 10.5. The maximum Gasteiger partial charge on any atom is 0.212 e. The normalized spacial score (nSPS) is 16.5. The van der Waals surface area contributed by atoms with E-state index in [4.69, 9.17) is 5.73 Å². The van der Waals surface area contributed by atoms with Crippen LogP contribution >= 0.6 is 0 Å². The molecule has 1 aliphatic heterocycles. The van der Waals surface area contributed by atoms with E-state index in [-0.39, 0.29) is 0 Å². The molecular weight excluding hydrogens is 352 g/mol. The van der Waals surface area contributed by atoms with Crippen molar-refractivity contribution in [3.63, 3.8) is 0 Å². The van der Waals surface area contributed by atoms with Gasteiger partial charge in [0, 0.05) is 36.1 Å². The van der Waals surface area contributed by atoms with Gasteiger partial charge in [-0.25, -0.2) is 9.97 Å². The van der Waals surface area contributed by atoms with Gasteiger partial charge in [-0.1, -0.05) is 0 Å². The molecule has 1 aliphatic carbocycles. The number of nitrogen functional groups attached to an aromatic ring is 1. The first kappa shape index (κ1) is 18.3. The summed E-state index contributed by atoms with van der Waals surface area (Å²) in [6, 6.07) is 5.59. The highest BCUT2D eigenvalue weighted by molar-refractivity contribution is 5.95. The molecule has 4 N–H and O–H groups in total. The fraction of sp³-hybridized carbons (Fsp3) is 0.333. The second-order valence-corrected chi connectivity index (χ2v) is 7.56. The van der Waals surface area contributed by atoms with Gasteiger partial charge >= 0.3 is 0 Å². The summed E-state index contributed by atoms with van der Waals surface area (Å²) in [4.78, 5) is 23.2. The fourth-order valence-corrected chi connectivity index (χ4v) is 3.58. The van der Waals surface area contributed by atoms with Crippen molar-refractivity contribution in [1.29, 1.82) is 0 Å². The van der Waals surface area contributed by atoms with E-state index < -0.39 is 0 Å². The maximum atomic E-state index is 10.5. The van der Waals surface area contributed by atoms with E-state index in [0.29, 0.717) is 18.0 Å². The Labute approximate surface area is 163 Å². The number of nitrogens with one attached hydrogen (secondary N) is 2. The van der Waals surface area contributed by atoms with Crippen molar-refractivity contribution < 1.29 is 4.79 Å². The molecule has 28 heavy (non-hydrogen) atoms. The Balaban J connectivity index is 0.000000227. The van der Waals surface area contributed by atoms with Gasteiger partial charge in [-0.3, -0.25) is 9.78 Å². The lowest BCUT2D eigenvalue weighted by Crippen LogP contribution is -2.08. The summed E-state index contributed by atoms with van der Waals surface area (Å²) in [6.07, 6.45) is 10.1. The topological polar surface area (TPSA) is 106 Å². The zero-order valence-corrected chi connectivity index (χ0v) is 15.9. The third-order valence-electron chi connectivity index (χ3n) is 5.56. The Morgan fingerprint density at radius 1 is 1.25 bits per heavy atom. The summed E-state index contributed by atoms with van der Waals surface area (Å²) in [7, 11) is 0. The molecule has 1 spiro atoms. The van der Waals surface area contributed by atoms with Gasteiger partial charge in [0.15, 0.2) is 0 Å². The highest BCUT2D eigenvalue weighted by Crippen LogP contribution is 2.49. The minimum absolute atomic E-state index is 0.399. The van der Waals surface area contributed by atoms with E-state index in [1.165, 1.54) is 32.4 Å². The SMILES string of the molecule is C1CC2(CC2)CN1.Cc1ccncc1-c1cc2cc(NC=O)ncc2c(N)n1. The monoisotopic (exact) mass is 376 g/mol. The predicted molar refractivity (Wildman–Crippen MR) is 111 cm³/mol. The smallest absolute Gasteiger partial charge is 0.212 e. The standard InChI is InChI=1S/C15H13N5O.C6H11N/c1-9-2-3-17-6-11(9)13-4-10-5-14(19-8-21)18-7-12(10)15(16)20-13;1-2-6(1)3-4-7-5-6/h2-8H,1H3,(H2,16,20)(H,18,19,21);7H,1-5H2. The molecule has 3 aromatic rings. The van der Waals surface area contributed by atoms with Crippen molar-refractivity contribution in [3.05, 3.63) is 42.4 Å². The van der Waals surface area contributed by atoms with Crippen LogP contribution in [0.2, 0.25) is 0 Å². The Bertz CT molecular complexity index is 1010. The number of pyridine rings is 3. The first-order chi connectivity index (χ1) is 13.6. The molecule has 144 valence electrons. The molecule has 7 nitrogen and oxygen atoms in total. The molecule has 1 saturated carbocycles. The summed E-state index contributed by atoms with van der Waals surface area (Å²) in [5.74, 6) is 0.868. The van der Waals surface area contributed by atoms with Gasteiger partial charge in [-0.2, -0.15) is 0 Å². The van der Waals surface area contributed by atoms with Gasteiger partial charge in [0.2, 0.25) is 6.41 Å². The zero-order chi connectivity index (χ0) is 19.6. The molecule has 5 rings (SSSR count). The molecule has 0 radical (unpaired) electrons. The van der Waals surface area contributed by atoms with Gasteiger partial charge in [0.25, 0.3) is 0 Å². The lowest BCUT2D eigenvalue weighted by atomic mass is 10.1. The number of hydrogen-bond donors (Lipinski definition) is 3. The van der Waals surface area contributed by atoms with Crippen LogP contribution in [0.25, 0.3) is 22.0 Å². The Hall–Kier alpha value is -3.06. The van der Waals surface area contributed by atoms with Crippen LogP contribution in [0.4, 0.5) is 11.6 Å². The van der Waals surface area contributed by atoms with E-state index in [9.17, 15) is 4.79 Å². The van der Waals surface area contributed by atoms with Crippen molar-refractivity contribution in [2.45, 2.75) is 26.2 Å². The molecule has 1 saturated heterocycles. The van der Waals surface area contributed by atoms with Gasteiger partial charge < -0.3 is 16.4 Å². The molecule has 4 heterocycles. The average Bonchev–Trinajstić information content (AvgIpc) is 3.29. The van der Waals surface area contributed by atoms with Crippen LogP contribution < -0.4 is 16.4 Å². The van der Waals surface area contributed by atoms with Crippen molar-refractivity contribution >= 4 is 28.8 Å². The fourth-order valence-electron chi connectivity index (χ4n) is 3.58. The number of fused-ring (bicyclic) bond motifs is 1. The quantitative estimate of drug-likeness (QED) is 0.607. The van der Waals surface area contributed by atoms with Gasteiger partial charge in [0.1, 0.15) is 11.6 Å². The molecule has 0 bridgehead atoms. The average molecular weight is 376 g/mol. The van der Waals surface area contributed by atoms with Crippen LogP contribution in [-0.2, 0) is 4.79 Å². The first-order valence-electron chi connectivity index (χ1n) is 9.48. The van der Waals surface area contributed by atoms with Crippen molar-refractivity contribution in [1.82, 2.24) is 20.3 Å². The van der Waals surface area contributed by atoms with Crippen LogP contribution in [0.15, 0.2) is 36.8 Å². The van der Waals surface area contributed by atoms with Gasteiger partial charge in [-0.15, -0.1) is 0 Å². The Morgan fingerprint density at radius 2 is 2.11 bits per heavy atom. The second kappa shape index (κ2) is 7.52. The minimum atomic E-state index is 0.399. The van der Waals surface area contributed by atoms with Gasteiger partial charge in [-0.05, 0) is 67.3 Å². The molecule has 1 amide bonds. The number of anilines is 2. The molecule has 3 aromatic heterocycles. The van der Waals surface area contributed by atoms with Crippen LogP contribution in [0.1, 0.15) is 24.8 Å². The number of aryl methyl sites for hydroxylation is 1. The number of hydrogen-bond acceptors (Lipinski definition) is 6. The molecule has 7 heteroatoms. The number of amides is 1. The highest BCUT2D eigenvalue weighted by Gasteiger charge is 2.44.